The topological polar surface area (TPSA) is 51.0 Å². The maximum absolute atomic E-state index is 11.9. The highest BCUT2D eigenvalue weighted by molar-refractivity contribution is 5.99. The third-order valence-corrected chi connectivity index (χ3v) is 4.29. The SMILES string of the molecule is COC(=O)C1=C(C)c2c(C)c3c(cc2=N1)-c1ccccc1N=3. The molecule has 4 heteroatoms. The van der Waals surface area contributed by atoms with E-state index in [1.807, 2.05) is 38.1 Å². The molecule has 0 saturated carbocycles. The number of esters is 1. The normalized spacial score (nSPS) is 14.0. The van der Waals surface area contributed by atoms with Gasteiger partial charge in [-0.25, -0.2) is 14.8 Å². The van der Waals surface area contributed by atoms with Crippen LogP contribution in [0.15, 0.2) is 46.0 Å². The van der Waals surface area contributed by atoms with Crippen molar-refractivity contribution < 1.29 is 9.53 Å². The first-order valence-electron chi connectivity index (χ1n) is 7.12. The maximum Gasteiger partial charge on any atom is 0.356 e. The number of hydrogen-bond donors (Lipinski definition) is 0. The largest absolute Gasteiger partial charge is 0.464 e. The number of para-hydroxylation sites is 1. The predicted octanol–water partition coefficient (Wildman–Crippen LogP) is 2.46. The zero-order chi connectivity index (χ0) is 15.4. The number of rotatable bonds is 1. The summed E-state index contributed by atoms with van der Waals surface area (Å²) in [5.41, 5.74) is 6.47. The fraction of sp³-hybridized carbons (Fsp3) is 0.167. The van der Waals surface area contributed by atoms with Crippen molar-refractivity contribution in [1.29, 1.82) is 0 Å². The summed E-state index contributed by atoms with van der Waals surface area (Å²) in [5, 5.41) is 1.79. The lowest BCUT2D eigenvalue weighted by molar-refractivity contribution is -0.136. The first-order valence-corrected chi connectivity index (χ1v) is 7.12. The van der Waals surface area contributed by atoms with Crippen LogP contribution in [-0.2, 0) is 9.53 Å². The molecule has 2 aliphatic heterocycles. The van der Waals surface area contributed by atoms with Crippen molar-refractivity contribution in [1.82, 2.24) is 0 Å². The van der Waals surface area contributed by atoms with Crippen molar-refractivity contribution >= 4 is 17.2 Å². The first-order chi connectivity index (χ1) is 10.6. The number of nitrogens with zero attached hydrogens (tertiary/aromatic N) is 2. The summed E-state index contributed by atoms with van der Waals surface area (Å²) < 4.78 is 4.82. The van der Waals surface area contributed by atoms with Gasteiger partial charge in [-0.2, -0.15) is 0 Å². The van der Waals surface area contributed by atoms with E-state index in [0.717, 1.165) is 44.2 Å². The van der Waals surface area contributed by atoms with Crippen molar-refractivity contribution in [2.45, 2.75) is 13.8 Å². The molecule has 2 aromatic rings. The fourth-order valence-corrected chi connectivity index (χ4v) is 3.24. The Kier molecular flexibility index (Phi) is 2.57. The number of carbonyl (C=O) groups excluding carboxylic acids is 1. The molecule has 0 spiro atoms. The lowest BCUT2D eigenvalue weighted by Crippen LogP contribution is -2.18. The van der Waals surface area contributed by atoms with Crippen LogP contribution < -0.4 is 10.7 Å². The van der Waals surface area contributed by atoms with Gasteiger partial charge in [-0.1, -0.05) is 18.2 Å². The van der Waals surface area contributed by atoms with Gasteiger partial charge < -0.3 is 4.74 Å². The zero-order valence-electron chi connectivity index (χ0n) is 12.6. The molecule has 108 valence electrons. The first kappa shape index (κ1) is 13.0. The Bertz CT molecular complexity index is 1000. The van der Waals surface area contributed by atoms with Gasteiger partial charge in [-0.05, 0) is 37.1 Å². The lowest BCUT2D eigenvalue weighted by atomic mass is 9.96. The van der Waals surface area contributed by atoms with Gasteiger partial charge in [-0.15, -0.1) is 0 Å². The van der Waals surface area contributed by atoms with Crippen LogP contribution in [0.25, 0.3) is 16.7 Å². The van der Waals surface area contributed by atoms with Crippen molar-refractivity contribution in [3.05, 3.63) is 57.9 Å². The molecular weight excluding hydrogens is 276 g/mol. The molecule has 0 aromatic heterocycles. The Morgan fingerprint density at radius 2 is 1.86 bits per heavy atom. The quantitative estimate of drug-likeness (QED) is 0.646. The summed E-state index contributed by atoms with van der Waals surface area (Å²) in [6, 6.07) is 10.1. The van der Waals surface area contributed by atoms with Gasteiger partial charge in [0.25, 0.3) is 0 Å². The van der Waals surface area contributed by atoms with Crippen molar-refractivity contribution in [2.75, 3.05) is 7.11 Å². The maximum atomic E-state index is 11.9. The van der Waals surface area contributed by atoms with Gasteiger partial charge in [0.05, 0.1) is 23.5 Å². The van der Waals surface area contributed by atoms with E-state index in [9.17, 15) is 4.79 Å². The summed E-state index contributed by atoms with van der Waals surface area (Å²) in [6.07, 6.45) is 0. The molecule has 2 heterocycles. The standard InChI is InChI=1S/C18H14N2O2/c1-9-15-10(2)17(18(21)22-3)20-14(15)8-12-11-6-4-5-7-13(11)19-16(9)12/h4-8H,1-3H3. The van der Waals surface area contributed by atoms with Crippen LogP contribution in [0.3, 0.4) is 0 Å². The summed E-state index contributed by atoms with van der Waals surface area (Å²) in [6.45, 7) is 3.94. The molecule has 0 aliphatic carbocycles. The molecule has 2 aliphatic rings. The summed E-state index contributed by atoms with van der Waals surface area (Å²) in [4.78, 5) is 21.1. The number of hydrogen-bond acceptors (Lipinski definition) is 4. The molecule has 0 radical (unpaired) electrons. The van der Waals surface area contributed by atoms with E-state index in [0.29, 0.717) is 5.70 Å². The Labute approximate surface area is 127 Å². The number of fused-ring (bicyclic) bond motifs is 4. The summed E-state index contributed by atoms with van der Waals surface area (Å²) in [7, 11) is 1.37. The molecule has 0 N–H and O–H groups in total. The van der Waals surface area contributed by atoms with Crippen molar-refractivity contribution in [3.63, 3.8) is 0 Å². The highest BCUT2D eigenvalue weighted by Gasteiger charge is 2.25. The summed E-state index contributed by atoms with van der Waals surface area (Å²) >= 11 is 0. The van der Waals surface area contributed by atoms with Gasteiger partial charge in [0.1, 0.15) is 0 Å². The van der Waals surface area contributed by atoms with Gasteiger partial charge >= 0.3 is 5.97 Å². The van der Waals surface area contributed by atoms with E-state index < -0.39 is 5.97 Å². The van der Waals surface area contributed by atoms with Gasteiger partial charge in [0.2, 0.25) is 0 Å². The molecule has 2 aromatic carbocycles. The number of methoxy groups -OCH3 is 1. The minimum Gasteiger partial charge on any atom is -0.464 e. The molecule has 0 unspecified atom stereocenters. The van der Waals surface area contributed by atoms with Gasteiger partial charge in [0, 0.05) is 16.7 Å². The van der Waals surface area contributed by atoms with E-state index in [1.54, 1.807) is 0 Å². The van der Waals surface area contributed by atoms with Crippen LogP contribution >= 0.6 is 0 Å². The number of allylic oxidation sites excluding steroid dienone is 1. The molecule has 4 nitrogen and oxygen atoms in total. The Morgan fingerprint density at radius 3 is 2.64 bits per heavy atom. The third kappa shape index (κ3) is 1.55. The highest BCUT2D eigenvalue weighted by Crippen LogP contribution is 2.34. The predicted molar refractivity (Wildman–Crippen MR) is 83.2 cm³/mol. The van der Waals surface area contributed by atoms with E-state index in [1.165, 1.54) is 7.11 Å². The van der Waals surface area contributed by atoms with Crippen molar-refractivity contribution in [2.24, 2.45) is 9.98 Å². The monoisotopic (exact) mass is 290 g/mol. The molecular formula is C18H14N2O2. The molecule has 0 saturated heterocycles. The molecule has 0 bridgehead atoms. The molecule has 0 fully saturated rings. The molecule has 4 rings (SSSR count). The van der Waals surface area contributed by atoms with E-state index in [2.05, 4.69) is 11.1 Å². The number of ether oxygens (including phenoxy) is 1. The average molecular weight is 290 g/mol. The third-order valence-electron chi connectivity index (χ3n) is 4.29. The molecule has 0 atom stereocenters. The molecule has 22 heavy (non-hydrogen) atoms. The zero-order valence-corrected chi connectivity index (χ0v) is 12.6. The number of carbonyl (C=O) groups is 1. The van der Waals surface area contributed by atoms with Gasteiger partial charge in [-0.3, -0.25) is 0 Å². The van der Waals surface area contributed by atoms with Crippen LogP contribution in [0.2, 0.25) is 0 Å². The van der Waals surface area contributed by atoms with E-state index in [-0.39, 0.29) is 0 Å². The van der Waals surface area contributed by atoms with Crippen LogP contribution in [0.1, 0.15) is 18.1 Å². The second-order valence-electron chi connectivity index (χ2n) is 5.50. The van der Waals surface area contributed by atoms with Crippen LogP contribution in [0, 0.1) is 6.92 Å². The average Bonchev–Trinajstić information content (AvgIpc) is 3.06. The summed E-state index contributed by atoms with van der Waals surface area (Å²) in [5.74, 6) is -0.398. The second-order valence-corrected chi connectivity index (χ2v) is 5.50. The highest BCUT2D eigenvalue weighted by atomic mass is 16.5. The second kappa shape index (κ2) is 4.37. The Hall–Kier alpha value is -2.75. The number of benzene rings is 2. The Balaban J connectivity index is 2.04. The van der Waals surface area contributed by atoms with Crippen molar-refractivity contribution in [3.8, 4) is 11.1 Å². The minimum absolute atomic E-state index is 0.387. The fourth-order valence-electron chi connectivity index (χ4n) is 3.24. The van der Waals surface area contributed by atoms with Crippen LogP contribution in [0.4, 0.5) is 5.69 Å². The van der Waals surface area contributed by atoms with E-state index >= 15 is 0 Å². The van der Waals surface area contributed by atoms with Crippen LogP contribution in [0.5, 0.6) is 0 Å². The van der Waals surface area contributed by atoms with Crippen LogP contribution in [-0.4, -0.2) is 13.1 Å². The van der Waals surface area contributed by atoms with E-state index in [4.69, 9.17) is 9.73 Å². The Morgan fingerprint density at radius 1 is 1.09 bits per heavy atom. The van der Waals surface area contributed by atoms with Gasteiger partial charge in [0.15, 0.2) is 5.70 Å². The molecule has 0 amide bonds. The smallest absolute Gasteiger partial charge is 0.356 e. The minimum atomic E-state index is -0.398. The lowest BCUT2D eigenvalue weighted by Gasteiger charge is -2.05.